The summed E-state index contributed by atoms with van der Waals surface area (Å²) in [4.78, 5) is 10.9. The average Bonchev–Trinajstić information content (AvgIpc) is 2.37. The van der Waals surface area contributed by atoms with Gasteiger partial charge in [0.25, 0.3) is 0 Å². The van der Waals surface area contributed by atoms with Crippen molar-refractivity contribution in [2.75, 3.05) is 0 Å². The van der Waals surface area contributed by atoms with E-state index in [-0.39, 0.29) is 11.1 Å². The molecule has 0 saturated heterocycles. The minimum Gasteiger partial charge on any atom is -0.298 e. The Bertz CT molecular complexity index is 659. The van der Waals surface area contributed by atoms with Crippen LogP contribution in [0.5, 0.6) is 0 Å². The molecule has 0 aliphatic rings. The lowest BCUT2D eigenvalue weighted by Crippen LogP contribution is -1.91. The fourth-order valence-corrected chi connectivity index (χ4v) is 1.70. The van der Waals surface area contributed by atoms with E-state index in [0.717, 1.165) is 12.1 Å². The summed E-state index contributed by atoms with van der Waals surface area (Å²) in [6, 6.07) is 9.19. The lowest BCUT2D eigenvalue weighted by atomic mass is 9.98. The number of aldehydes is 1. The molecule has 0 aliphatic heterocycles. The molecule has 2 aromatic carbocycles. The zero-order valence-electron chi connectivity index (χ0n) is 9.15. The zero-order valence-corrected chi connectivity index (χ0v) is 9.15. The Hall–Kier alpha value is -2.54. The second-order valence-corrected chi connectivity index (χ2v) is 3.69. The van der Waals surface area contributed by atoms with Gasteiger partial charge in [0.1, 0.15) is 11.6 Å². The topological polar surface area (TPSA) is 40.9 Å². The zero-order chi connectivity index (χ0) is 13.1. The van der Waals surface area contributed by atoms with Gasteiger partial charge in [-0.3, -0.25) is 4.79 Å². The van der Waals surface area contributed by atoms with Crippen LogP contribution in [0.4, 0.5) is 8.78 Å². The van der Waals surface area contributed by atoms with Crippen molar-refractivity contribution in [1.29, 1.82) is 5.26 Å². The maximum Gasteiger partial charge on any atom is 0.150 e. The number of rotatable bonds is 2. The Kier molecular flexibility index (Phi) is 3.16. The molecule has 18 heavy (non-hydrogen) atoms. The molecule has 0 aromatic heterocycles. The van der Waals surface area contributed by atoms with Crippen molar-refractivity contribution in [1.82, 2.24) is 0 Å². The van der Waals surface area contributed by atoms with Gasteiger partial charge in [-0.05, 0) is 41.5 Å². The smallest absolute Gasteiger partial charge is 0.150 e. The Balaban J connectivity index is 2.65. The Morgan fingerprint density at radius 2 is 1.83 bits per heavy atom. The van der Waals surface area contributed by atoms with Crippen molar-refractivity contribution in [3.05, 3.63) is 59.2 Å². The minimum atomic E-state index is -0.578. The standard InChI is InChI=1S/C14H7F2NO/c15-12-1-2-14(11(6-12)8-18)10-3-9(7-17)4-13(16)5-10/h1-6,8H. The number of nitrogens with zero attached hydrogens (tertiary/aromatic N) is 1. The monoisotopic (exact) mass is 243 g/mol. The van der Waals surface area contributed by atoms with Gasteiger partial charge >= 0.3 is 0 Å². The van der Waals surface area contributed by atoms with E-state index in [0.29, 0.717) is 17.4 Å². The molecule has 2 aromatic rings. The highest BCUT2D eigenvalue weighted by Gasteiger charge is 2.08. The summed E-state index contributed by atoms with van der Waals surface area (Å²) in [5.74, 6) is -1.12. The van der Waals surface area contributed by atoms with E-state index in [9.17, 15) is 13.6 Å². The first-order valence-corrected chi connectivity index (χ1v) is 5.10. The first-order valence-electron chi connectivity index (χ1n) is 5.10. The van der Waals surface area contributed by atoms with Crippen LogP contribution in [0.25, 0.3) is 11.1 Å². The molecule has 0 atom stereocenters. The molecular weight excluding hydrogens is 236 g/mol. The van der Waals surface area contributed by atoms with Crippen molar-refractivity contribution in [3.63, 3.8) is 0 Å². The van der Waals surface area contributed by atoms with Crippen LogP contribution >= 0.6 is 0 Å². The third-order valence-electron chi connectivity index (χ3n) is 2.48. The van der Waals surface area contributed by atoms with Crippen LogP contribution in [0.1, 0.15) is 15.9 Å². The number of hydrogen-bond acceptors (Lipinski definition) is 2. The van der Waals surface area contributed by atoms with Crippen molar-refractivity contribution in [2.45, 2.75) is 0 Å². The van der Waals surface area contributed by atoms with E-state index in [1.165, 1.54) is 24.3 Å². The van der Waals surface area contributed by atoms with E-state index in [2.05, 4.69) is 0 Å². The minimum absolute atomic E-state index is 0.115. The first-order chi connectivity index (χ1) is 8.63. The summed E-state index contributed by atoms with van der Waals surface area (Å²) in [7, 11) is 0. The molecule has 0 unspecified atom stereocenters. The molecule has 2 nitrogen and oxygen atoms in total. The summed E-state index contributed by atoms with van der Waals surface area (Å²) in [5.41, 5.74) is 1.02. The predicted octanol–water partition coefficient (Wildman–Crippen LogP) is 3.32. The number of hydrogen-bond donors (Lipinski definition) is 0. The van der Waals surface area contributed by atoms with Crippen molar-refractivity contribution < 1.29 is 13.6 Å². The van der Waals surface area contributed by atoms with E-state index in [1.807, 2.05) is 6.07 Å². The molecule has 0 spiro atoms. The fourth-order valence-electron chi connectivity index (χ4n) is 1.70. The predicted molar refractivity (Wildman–Crippen MR) is 61.9 cm³/mol. The summed E-state index contributed by atoms with van der Waals surface area (Å²) in [6.45, 7) is 0. The normalized spacial score (nSPS) is 9.83. The van der Waals surface area contributed by atoms with Gasteiger partial charge in [0.05, 0.1) is 11.6 Å². The Morgan fingerprint density at radius 3 is 2.50 bits per heavy atom. The number of nitriles is 1. The van der Waals surface area contributed by atoms with Gasteiger partial charge in [-0.1, -0.05) is 6.07 Å². The summed E-state index contributed by atoms with van der Waals surface area (Å²) < 4.78 is 26.3. The lowest BCUT2D eigenvalue weighted by molar-refractivity contribution is 0.112. The molecule has 0 amide bonds. The summed E-state index contributed by atoms with van der Waals surface area (Å²) in [6.07, 6.45) is 0.495. The van der Waals surface area contributed by atoms with Gasteiger partial charge < -0.3 is 0 Å². The van der Waals surface area contributed by atoms with Crippen molar-refractivity contribution >= 4 is 6.29 Å². The van der Waals surface area contributed by atoms with Crippen molar-refractivity contribution in [2.24, 2.45) is 0 Å². The fraction of sp³-hybridized carbons (Fsp3) is 0. The molecule has 0 fully saturated rings. The molecule has 0 heterocycles. The Labute approximate surface area is 102 Å². The van der Waals surface area contributed by atoms with Crippen LogP contribution in [0.3, 0.4) is 0 Å². The van der Waals surface area contributed by atoms with Crippen LogP contribution in [-0.2, 0) is 0 Å². The van der Waals surface area contributed by atoms with Crippen LogP contribution in [-0.4, -0.2) is 6.29 Å². The third kappa shape index (κ3) is 2.25. The van der Waals surface area contributed by atoms with E-state index >= 15 is 0 Å². The van der Waals surface area contributed by atoms with Gasteiger partial charge in [-0.25, -0.2) is 8.78 Å². The average molecular weight is 243 g/mol. The summed E-state index contributed by atoms with van der Waals surface area (Å²) >= 11 is 0. The molecule has 4 heteroatoms. The molecule has 88 valence electrons. The number of halogens is 2. The Morgan fingerprint density at radius 1 is 1.06 bits per heavy atom. The highest BCUT2D eigenvalue weighted by Crippen LogP contribution is 2.25. The van der Waals surface area contributed by atoms with E-state index in [4.69, 9.17) is 5.26 Å². The molecular formula is C14H7F2NO. The third-order valence-corrected chi connectivity index (χ3v) is 2.48. The largest absolute Gasteiger partial charge is 0.298 e. The maximum atomic E-state index is 13.3. The second kappa shape index (κ2) is 4.76. The van der Waals surface area contributed by atoms with Gasteiger partial charge in [0.15, 0.2) is 6.29 Å². The van der Waals surface area contributed by atoms with Crippen LogP contribution in [0, 0.1) is 23.0 Å². The van der Waals surface area contributed by atoms with Crippen molar-refractivity contribution in [3.8, 4) is 17.2 Å². The van der Waals surface area contributed by atoms with Gasteiger partial charge in [0, 0.05) is 5.56 Å². The summed E-state index contributed by atoms with van der Waals surface area (Å²) in [5, 5.41) is 8.76. The molecule has 0 radical (unpaired) electrons. The molecule has 0 bridgehead atoms. The second-order valence-electron chi connectivity index (χ2n) is 3.69. The number of carbonyl (C=O) groups excluding carboxylic acids is 1. The first kappa shape index (κ1) is 11.9. The lowest BCUT2D eigenvalue weighted by Gasteiger charge is -2.06. The quantitative estimate of drug-likeness (QED) is 0.759. The van der Waals surface area contributed by atoms with Crippen LogP contribution in [0.15, 0.2) is 36.4 Å². The molecule has 2 rings (SSSR count). The molecule has 0 aliphatic carbocycles. The van der Waals surface area contributed by atoms with Crippen LogP contribution in [0.2, 0.25) is 0 Å². The van der Waals surface area contributed by atoms with Gasteiger partial charge in [0.2, 0.25) is 0 Å². The SMILES string of the molecule is N#Cc1cc(F)cc(-c2ccc(F)cc2C=O)c1. The molecule has 0 N–H and O–H groups in total. The molecule has 0 saturated carbocycles. The maximum absolute atomic E-state index is 13.3. The van der Waals surface area contributed by atoms with E-state index < -0.39 is 11.6 Å². The van der Waals surface area contributed by atoms with Crippen LogP contribution < -0.4 is 0 Å². The van der Waals surface area contributed by atoms with Gasteiger partial charge in [-0.15, -0.1) is 0 Å². The highest BCUT2D eigenvalue weighted by atomic mass is 19.1. The number of carbonyl (C=O) groups is 1. The highest BCUT2D eigenvalue weighted by molar-refractivity contribution is 5.87. The van der Waals surface area contributed by atoms with Gasteiger partial charge in [-0.2, -0.15) is 5.26 Å². The van der Waals surface area contributed by atoms with E-state index in [1.54, 1.807) is 0 Å². The number of benzene rings is 2.